The van der Waals surface area contributed by atoms with E-state index in [1.807, 2.05) is 52.0 Å². The molecule has 0 unspecified atom stereocenters. The average molecular weight is 368 g/mol. The molecule has 2 amide bonds. The van der Waals surface area contributed by atoms with E-state index in [0.717, 1.165) is 27.9 Å². The lowest BCUT2D eigenvalue weighted by atomic mass is 10.0. The van der Waals surface area contributed by atoms with Gasteiger partial charge in [-0.05, 0) is 56.0 Å². The average Bonchev–Trinajstić information content (AvgIpc) is 2.63. The maximum absolute atomic E-state index is 12.1. The van der Waals surface area contributed by atoms with Crippen molar-refractivity contribution in [3.8, 4) is 0 Å². The molecule has 0 aliphatic heterocycles. The molecule has 0 radical (unpaired) electrons. The van der Waals surface area contributed by atoms with Crippen LogP contribution in [0.2, 0.25) is 0 Å². The van der Waals surface area contributed by atoms with Crippen LogP contribution in [0.25, 0.3) is 0 Å². The van der Waals surface area contributed by atoms with E-state index in [4.69, 9.17) is 4.74 Å². The van der Waals surface area contributed by atoms with E-state index in [1.54, 1.807) is 12.1 Å². The molecule has 6 nitrogen and oxygen atoms in total. The Bertz CT molecular complexity index is 854. The molecule has 142 valence electrons. The van der Waals surface area contributed by atoms with Gasteiger partial charge in [-0.3, -0.25) is 9.59 Å². The Balaban J connectivity index is 1.81. The van der Waals surface area contributed by atoms with E-state index < -0.39 is 18.5 Å². The first-order valence-corrected chi connectivity index (χ1v) is 8.65. The fourth-order valence-corrected chi connectivity index (χ4v) is 2.61. The van der Waals surface area contributed by atoms with Crippen molar-refractivity contribution < 1.29 is 19.1 Å². The predicted octanol–water partition coefficient (Wildman–Crippen LogP) is 2.83. The molecule has 0 bridgehead atoms. The van der Waals surface area contributed by atoms with Gasteiger partial charge in [-0.25, -0.2) is 4.79 Å². The van der Waals surface area contributed by atoms with Crippen LogP contribution in [0.3, 0.4) is 0 Å². The largest absolute Gasteiger partial charge is 0.452 e. The first-order valence-electron chi connectivity index (χ1n) is 8.65. The topological polar surface area (TPSA) is 84.5 Å². The number of esters is 1. The minimum absolute atomic E-state index is 0.201. The molecule has 2 N–H and O–H groups in total. The highest BCUT2D eigenvalue weighted by atomic mass is 16.5. The molecule has 0 aliphatic carbocycles. The highest BCUT2D eigenvalue weighted by Gasteiger charge is 2.14. The number of rotatable bonds is 6. The number of aryl methyl sites for hydroxylation is 3. The summed E-state index contributed by atoms with van der Waals surface area (Å²) in [6.45, 7) is 6.87. The lowest BCUT2D eigenvalue weighted by molar-refractivity contribution is -0.126. The van der Waals surface area contributed by atoms with E-state index in [9.17, 15) is 14.4 Å². The van der Waals surface area contributed by atoms with E-state index in [1.165, 1.54) is 0 Å². The minimum atomic E-state index is -0.564. The van der Waals surface area contributed by atoms with Crippen molar-refractivity contribution in [1.29, 1.82) is 0 Å². The summed E-state index contributed by atoms with van der Waals surface area (Å²) in [5, 5.41) is 5.22. The van der Waals surface area contributed by atoms with Crippen LogP contribution in [0.5, 0.6) is 0 Å². The van der Waals surface area contributed by atoms with E-state index in [0.29, 0.717) is 5.56 Å². The molecular formula is C21H24N2O4. The Morgan fingerprint density at radius 1 is 0.852 bits per heavy atom. The third-order valence-corrected chi connectivity index (χ3v) is 4.35. The van der Waals surface area contributed by atoms with E-state index >= 15 is 0 Å². The molecule has 0 spiro atoms. The van der Waals surface area contributed by atoms with Gasteiger partial charge in [0.15, 0.2) is 6.61 Å². The maximum atomic E-state index is 12.1. The van der Waals surface area contributed by atoms with Crippen molar-refractivity contribution in [2.75, 3.05) is 18.5 Å². The second kappa shape index (κ2) is 8.98. The molecule has 2 aromatic carbocycles. The molecule has 0 saturated heterocycles. The summed E-state index contributed by atoms with van der Waals surface area (Å²) in [5.41, 5.74) is 4.83. The molecule has 0 aliphatic rings. The van der Waals surface area contributed by atoms with Crippen LogP contribution in [0.15, 0.2) is 36.4 Å². The zero-order valence-corrected chi connectivity index (χ0v) is 16.0. The monoisotopic (exact) mass is 368 g/mol. The van der Waals surface area contributed by atoms with Gasteiger partial charge in [0, 0.05) is 5.69 Å². The molecular weight excluding hydrogens is 344 g/mol. The van der Waals surface area contributed by atoms with Crippen molar-refractivity contribution in [2.45, 2.75) is 27.7 Å². The zero-order valence-electron chi connectivity index (χ0n) is 16.0. The van der Waals surface area contributed by atoms with Gasteiger partial charge >= 0.3 is 5.97 Å². The number of para-hydroxylation sites is 1. The number of ether oxygens (including phenoxy) is 1. The van der Waals surface area contributed by atoms with E-state index in [-0.39, 0.29) is 12.5 Å². The van der Waals surface area contributed by atoms with Crippen LogP contribution in [0.4, 0.5) is 5.69 Å². The van der Waals surface area contributed by atoms with Crippen LogP contribution in [-0.2, 0) is 14.3 Å². The highest BCUT2D eigenvalue weighted by molar-refractivity contribution is 5.96. The second-order valence-electron chi connectivity index (χ2n) is 6.42. The first-order chi connectivity index (χ1) is 12.8. The van der Waals surface area contributed by atoms with Crippen LogP contribution in [-0.4, -0.2) is 30.9 Å². The number of anilines is 1. The first kappa shape index (κ1) is 20.2. The number of nitrogens with one attached hydrogen (secondary N) is 2. The third kappa shape index (κ3) is 5.41. The summed E-state index contributed by atoms with van der Waals surface area (Å²) in [6.07, 6.45) is 0. The van der Waals surface area contributed by atoms with Gasteiger partial charge in [-0.1, -0.05) is 30.3 Å². The number of carbonyl (C=O) groups is 3. The van der Waals surface area contributed by atoms with Crippen LogP contribution < -0.4 is 10.6 Å². The summed E-state index contributed by atoms with van der Waals surface area (Å²) < 4.78 is 5.03. The summed E-state index contributed by atoms with van der Waals surface area (Å²) in [6, 6.07) is 11.0. The third-order valence-electron chi connectivity index (χ3n) is 4.35. The van der Waals surface area contributed by atoms with Gasteiger partial charge < -0.3 is 15.4 Å². The number of amides is 2. The lowest BCUT2D eigenvalue weighted by Gasteiger charge is -2.12. The molecule has 6 heteroatoms. The molecule has 0 atom stereocenters. The summed E-state index contributed by atoms with van der Waals surface area (Å²) >= 11 is 0. The van der Waals surface area contributed by atoms with Crippen molar-refractivity contribution in [3.63, 3.8) is 0 Å². The Morgan fingerprint density at radius 3 is 2.11 bits per heavy atom. The van der Waals surface area contributed by atoms with Crippen molar-refractivity contribution in [2.24, 2.45) is 0 Å². The van der Waals surface area contributed by atoms with Crippen molar-refractivity contribution >= 4 is 23.5 Å². The van der Waals surface area contributed by atoms with Gasteiger partial charge in [0.1, 0.15) is 0 Å². The Labute approximate surface area is 158 Å². The normalized spacial score (nSPS) is 10.2. The lowest BCUT2D eigenvalue weighted by Crippen LogP contribution is -2.35. The summed E-state index contributed by atoms with van der Waals surface area (Å²) in [5.74, 6) is -1.45. The van der Waals surface area contributed by atoms with Gasteiger partial charge in [0.25, 0.3) is 5.91 Å². The SMILES string of the molecule is Cc1cccc(C(=O)OCC(=O)NCC(=O)Nc2c(C)cccc2C)c1C. The fourth-order valence-electron chi connectivity index (χ4n) is 2.61. The second-order valence-corrected chi connectivity index (χ2v) is 6.42. The summed E-state index contributed by atoms with van der Waals surface area (Å²) in [7, 11) is 0. The predicted molar refractivity (Wildman–Crippen MR) is 104 cm³/mol. The van der Waals surface area contributed by atoms with Crippen molar-refractivity contribution in [3.05, 3.63) is 64.2 Å². The van der Waals surface area contributed by atoms with Crippen LogP contribution in [0, 0.1) is 27.7 Å². The molecule has 0 aromatic heterocycles. The van der Waals surface area contributed by atoms with Crippen molar-refractivity contribution in [1.82, 2.24) is 5.32 Å². The molecule has 0 fully saturated rings. The standard InChI is InChI=1S/C21H24N2O4/c1-13-7-6-10-17(16(13)4)21(26)27-12-19(25)22-11-18(24)23-20-14(2)8-5-9-15(20)3/h5-10H,11-12H2,1-4H3,(H,22,25)(H,23,24). The molecule has 2 rings (SSSR count). The number of benzene rings is 2. The number of hydrogen-bond donors (Lipinski definition) is 2. The van der Waals surface area contributed by atoms with Crippen LogP contribution >= 0.6 is 0 Å². The smallest absolute Gasteiger partial charge is 0.338 e. The quantitative estimate of drug-likeness (QED) is 0.768. The van der Waals surface area contributed by atoms with Crippen LogP contribution in [0.1, 0.15) is 32.6 Å². The summed E-state index contributed by atoms with van der Waals surface area (Å²) in [4.78, 5) is 36.0. The molecule has 0 heterocycles. The number of hydrogen-bond acceptors (Lipinski definition) is 4. The Kier molecular flexibility index (Phi) is 6.71. The highest BCUT2D eigenvalue weighted by Crippen LogP contribution is 2.19. The maximum Gasteiger partial charge on any atom is 0.338 e. The minimum Gasteiger partial charge on any atom is -0.452 e. The Morgan fingerprint density at radius 2 is 1.44 bits per heavy atom. The molecule has 2 aromatic rings. The zero-order chi connectivity index (χ0) is 20.0. The van der Waals surface area contributed by atoms with Gasteiger partial charge in [-0.2, -0.15) is 0 Å². The molecule has 27 heavy (non-hydrogen) atoms. The van der Waals surface area contributed by atoms with Gasteiger partial charge in [0.2, 0.25) is 5.91 Å². The van der Waals surface area contributed by atoms with Gasteiger partial charge in [0.05, 0.1) is 12.1 Å². The van der Waals surface area contributed by atoms with E-state index in [2.05, 4.69) is 10.6 Å². The fraction of sp³-hybridized carbons (Fsp3) is 0.286. The van der Waals surface area contributed by atoms with Gasteiger partial charge in [-0.15, -0.1) is 0 Å². The molecule has 0 saturated carbocycles. The number of carbonyl (C=O) groups excluding carboxylic acids is 3. The Hall–Kier alpha value is -3.15.